The molecule has 1 fully saturated rings. The van der Waals surface area contributed by atoms with Crippen LogP contribution in [-0.4, -0.2) is 51.8 Å². The van der Waals surface area contributed by atoms with Gasteiger partial charge in [0.1, 0.15) is 11.2 Å². The van der Waals surface area contributed by atoms with E-state index in [0.29, 0.717) is 0 Å². The zero-order valence-electron chi connectivity index (χ0n) is 20.1. The molecule has 2 aromatic heterocycles. The van der Waals surface area contributed by atoms with Crippen LogP contribution >= 0.6 is 0 Å². The summed E-state index contributed by atoms with van der Waals surface area (Å²) in [5, 5.41) is 2.13. The molecule has 7 heterocycles. The summed E-state index contributed by atoms with van der Waals surface area (Å²) in [4.78, 5) is 4.32. The van der Waals surface area contributed by atoms with Gasteiger partial charge in [-0.05, 0) is 60.7 Å². The van der Waals surface area contributed by atoms with E-state index in [1.54, 1.807) is 6.20 Å². The molecule has 1 saturated heterocycles. The molecule has 0 spiro atoms. The van der Waals surface area contributed by atoms with Crippen LogP contribution in [-0.2, 0) is 0 Å². The Morgan fingerprint density at radius 3 is 2.00 bits per heavy atom. The van der Waals surface area contributed by atoms with Gasteiger partial charge in [0, 0.05) is 28.7 Å². The van der Waals surface area contributed by atoms with E-state index in [9.17, 15) is 0 Å². The van der Waals surface area contributed by atoms with Gasteiger partial charge in [0.25, 0.3) is 0 Å². The van der Waals surface area contributed by atoms with Crippen molar-refractivity contribution in [2.75, 3.05) is 0 Å². The van der Waals surface area contributed by atoms with Crippen molar-refractivity contribution in [2.24, 2.45) is 0 Å². The van der Waals surface area contributed by atoms with Crippen molar-refractivity contribution >= 4 is 55.4 Å². The van der Waals surface area contributed by atoms with Crippen LogP contribution in [0.1, 0.15) is 5.56 Å². The number of furan rings is 1. The smallest absolute Gasteiger partial charge is 0.381 e. The maximum Gasteiger partial charge on any atom is 0.381 e. The number of rotatable bonds is 1. The maximum atomic E-state index is 6.36. The van der Waals surface area contributed by atoms with Crippen LogP contribution in [0.15, 0.2) is 132 Å². The third-order valence-corrected chi connectivity index (χ3v) is 7.77. The summed E-state index contributed by atoms with van der Waals surface area (Å²) in [5.74, 6) is 9.19. The minimum atomic E-state index is -0.00333. The molecule has 37 heavy (non-hydrogen) atoms. The van der Waals surface area contributed by atoms with E-state index in [2.05, 4.69) is 133 Å². The Kier molecular flexibility index (Phi) is 4.50. The summed E-state index contributed by atoms with van der Waals surface area (Å²) >= 11 is 0. The molecule has 0 unspecified atom stereocenters. The lowest BCUT2D eigenvalue weighted by molar-refractivity contribution is 0.622. The van der Waals surface area contributed by atoms with Crippen molar-refractivity contribution < 1.29 is 4.42 Å². The first-order valence-electron chi connectivity index (χ1n) is 12.7. The molecule has 0 saturated carbocycles. The van der Waals surface area contributed by atoms with Gasteiger partial charge in [-0.1, -0.05) is 60.3 Å². The third kappa shape index (κ3) is 3.08. The largest absolute Gasteiger partial charge is 0.455 e. The number of benzene rings is 1. The number of pyridine rings is 1. The van der Waals surface area contributed by atoms with E-state index in [4.69, 9.17) is 4.42 Å². The third-order valence-electron chi connectivity index (χ3n) is 7.77. The second-order valence-electron chi connectivity index (χ2n) is 9.72. The fourth-order valence-electron chi connectivity index (χ4n) is 6.08. The Morgan fingerprint density at radius 2 is 1.30 bits per heavy atom. The SMILES string of the molecule is C1=CB2N(C=C1)B1C=CC=CN1B1C=C(c3cccc4c3oc3ccncc34)C=CN1B1C=CC=CN21. The molecular weight excluding hydrogens is 454 g/mol. The van der Waals surface area contributed by atoms with Crippen molar-refractivity contribution in [3.63, 3.8) is 0 Å². The summed E-state index contributed by atoms with van der Waals surface area (Å²) < 4.78 is 16.1. The van der Waals surface area contributed by atoms with Crippen LogP contribution in [0, 0.1) is 0 Å². The van der Waals surface area contributed by atoms with Gasteiger partial charge >= 0.3 is 27.9 Å². The highest BCUT2D eigenvalue weighted by Crippen LogP contribution is 2.36. The van der Waals surface area contributed by atoms with E-state index in [0.717, 1.165) is 33.1 Å². The second-order valence-corrected chi connectivity index (χ2v) is 9.72. The molecule has 5 aliphatic heterocycles. The van der Waals surface area contributed by atoms with Gasteiger partial charge in [-0.3, -0.25) is 4.98 Å². The quantitative estimate of drug-likeness (QED) is 0.485. The van der Waals surface area contributed by atoms with Crippen LogP contribution in [0.2, 0.25) is 0 Å². The average molecular weight is 475 g/mol. The highest BCUT2D eigenvalue weighted by atomic mass is 16.3. The average Bonchev–Trinajstić information content (AvgIpc) is 3.35. The van der Waals surface area contributed by atoms with Gasteiger partial charge in [-0.15, -0.1) is 0 Å². The minimum Gasteiger partial charge on any atom is -0.455 e. The second kappa shape index (κ2) is 8.03. The number of hydrogen-bond donors (Lipinski definition) is 0. The summed E-state index contributed by atoms with van der Waals surface area (Å²) in [6, 6.07) is 8.31. The molecule has 1 aromatic carbocycles. The van der Waals surface area contributed by atoms with E-state index in [1.807, 2.05) is 12.3 Å². The topological polar surface area (TPSA) is 39.0 Å². The molecule has 0 N–H and O–H groups in total. The first-order valence-corrected chi connectivity index (χ1v) is 12.7. The van der Waals surface area contributed by atoms with Crippen LogP contribution < -0.4 is 0 Å². The maximum absolute atomic E-state index is 6.36. The minimum absolute atomic E-state index is 0.00333. The first-order chi connectivity index (χ1) is 18.4. The number of fused-ring (bicyclic) bond motifs is 11. The van der Waals surface area contributed by atoms with Crippen LogP contribution in [0.25, 0.3) is 27.5 Å². The van der Waals surface area contributed by atoms with E-state index in [1.165, 1.54) is 0 Å². The van der Waals surface area contributed by atoms with Crippen LogP contribution in [0.4, 0.5) is 0 Å². The number of allylic oxidation sites excluding steroid dienone is 8. The van der Waals surface area contributed by atoms with Crippen molar-refractivity contribution in [3.05, 3.63) is 133 Å². The predicted molar refractivity (Wildman–Crippen MR) is 154 cm³/mol. The molecule has 6 nitrogen and oxygen atoms in total. The van der Waals surface area contributed by atoms with Crippen molar-refractivity contribution in [3.8, 4) is 0 Å². The van der Waals surface area contributed by atoms with Gasteiger partial charge in [0.05, 0.1) is 0 Å². The lowest BCUT2D eigenvalue weighted by atomic mass is 9.41. The van der Waals surface area contributed by atoms with Gasteiger partial charge in [0.2, 0.25) is 0 Å². The van der Waals surface area contributed by atoms with Gasteiger partial charge in [-0.2, -0.15) is 0 Å². The summed E-state index contributed by atoms with van der Waals surface area (Å²) in [6.45, 7) is 0.246. The van der Waals surface area contributed by atoms with E-state index >= 15 is 0 Å². The molecule has 3 aromatic rings. The molecule has 5 aliphatic rings. The molecule has 0 radical (unpaired) electrons. The van der Waals surface area contributed by atoms with E-state index in [-0.39, 0.29) is 27.9 Å². The summed E-state index contributed by atoms with van der Waals surface area (Å²) in [5.41, 5.74) is 4.00. The molecule has 0 atom stereocenters. The lowest BCUT2D eigenvalue weighted by Crippen LogP contribution is -2.73. The summed E-state index contributed by atoms with van der Waals surface area (Å²) in [7, 11) is 0. The fourth-order valence-corrected chi connectivity index (χ4v) is 6.08. The van der Waals surface area contributed by atoms with Gasteiger partial charge in [-0.25, -0.2) is 0 Å². The number of hydrogen-bond acceptors (Lipinski definition) is 6. The standard InChI is InChI=1S/C27H21B4N5O/c1-4-16-33-28(12-1)34-17-5-2-14-30(34)36-19-11-22(20-31(36)35-18-6-3-13-29(33)35)23-8-7-9-24-25-21-32-15-10-26(25)37-27(23)24/h1-21H. The Morgan fingerprint density at radius 1 is 0.649 bits per heavy atom. The van der Waals surface area contributed by atoms with Crippen molar-refractivity contribution in [1.82, 2.24) is 23.9 Å². The molecule has 0 bridgehead atoms. The Labute approximate surface area is 217 Å². The van der Waals surface area contributed by atoms with Crippen LogP contribution in [0.5, 0.6) is 0 Å². The normalized spacial score (nSPS) is 19.4. The van der Waals surface area contributed by atoms with E-state index < -0.39 is 0 Å². The van der Waals surface area contributed by atoms with Crippen molar-refractivity contribution in [2.45, 2.75) is 0 Å². The monoisotopic (exact) mass is 475 g/mol. The number of aromatic nitrogens is 1. The highest BCUT2D eigenvalue weighted by molar-refractivity contribution is 6.92. The molecule has 8 rings (SSSR count). The number of para-hydroxylation sites is 1. The summed E-state index contributed by atoms with van der Waals surface area (Å²) in [6.07, 6.45) is 27.6. The highest BCUT2D eigenvalue weighted by Gasteiger charge is 2.49. The van der Waals surface area contributed by atoms with Gasteiger partial charge < -0.3 is 23.3 Å². The Balaban J connectivity index is 1.29. The zero-order chi connectivity index (χ0) is 24.3. The molecule has 0 amide bonds. The fraction of sp³-hybridized carbons (Fsp3) is 0. The molecule has 10 heteroatoms. The lowest BCUT2D eigenvalue weighted by Gasteiger charge is -2.53. The van der Waals surface area contributed by atoms with Gasteiger partial charge in [0.15, 0.2) is 0 Å². The molecular formula is C27H21B4N5O. The number of nitrogens with zero attached hydrogens (tertiary/aromatic N) is 5. The van der Waals surface area contributed by atoms with Crippen LogP contribution in [0.3, 0.4) is 0 Å². The Hall–Kier alpha value is -4.45. The molecule has 0 aliphatic carbocycles. The zero-order valence-corrected chi connectivity index (χ0v) is 20.1. The first kappa shape index (κ1) is 20.7. The predicted octanol–water partition coefficient (Wildman–Crippen LogP) is 4.47. The Bertz CT molecular complexity index is 1640. The molecule has 172 valence electrons. The van der Waals surface area contributed by atoms with Crippen molar-refractivity contribution in [1.29, 1.82) is 0 Å².